The number of nitrogens with two attached hydrogens (primary N) is 1. The summed E-state index contributed by atoms with van der Waals surface area (Å²) in [5.74, 6) is 3.48. The van der Waals surface area contributed by atoms with Gasteiger partial charge in [-0.25, -0.2) is 4.79 Å². The number of aromatic nitrogens is 8. The molecule has 0 saturated heterocycles. The molecule has 765 valence electrons. The van der Waals surface area contributed by atoms with Crippen molar-refractivity contribution in [2.24, 2.45) is 53.1 Å². The number of carbonyl (C=O) groups is 4. The van der Waals surface area contributed by atoms with Crippen molar-refractivity contribution in [2.45, 2.75) is 270 Å². The van der Waals surface area contributed by atoms with Crippen molar-refractivity contribution in [2.75, 3.05) is 14.1 Å². The molecule has 4 aliphatic rings. The van der Waals surface area contributed by atoms with Gasteiger partial charge in [0, 0.05) is 90.2 Å². The highest BCUT2D eigenvalue weighted by Gasteiger charge is 2.47. The molecule has 12 aromatic rings. The van der Waals surface area contributed by atoms with Crippen molar-refractivity contribution in [1.29, 1.82) is 0 Å². The first-order valence-corrected chi connectivity index (χ1v) is 60.5. The summed E-state index contributed by atoms with van der Waals surface area (Å²) in [6, 6.07) is 81.5. The highest BCUT2D eigenvalue weighted by Crippen LogP contribution is 2.52. The van der Waals surface area contributed by atoms with E-state index >= 15 is 0 Å². The maximum Gasteiger partial charge on any atom is 0.335 e. The summed E-state index contributed by atoms with van der Waals surface area (Å²) in [5.41, 5.74) is 21.6. The van der Waals surface area contributed by atoms with Crippen LogP contribution in [0, 0.1) is 47.3 Å². The van der Waals surface area contributed by atoms with Crippen molar-refractivity contribution in [3.05, 3.63) is 381 Å². The average Bonchev–Trinajstić information content (AvgIpc) is 1.75. The first kappa shape index (κ1) is 114. The summed E-state index contributed by atoms with van der Waals surface area (Å²) >= 11 is 0. The van der Waals surface area contributed by atoms with Crippen molar-refractivity contribution < 1.29 is 42.7 Å². The minimum Gasteiger partial charge on any atom is -0.478 e. The number of benzene rings is 8. The molecule has 4 saturated carbocycles. The highest BCUT2D eigenvalue weighted by atomic mass is 28.4. The van der Waals surface area contributed by atoms with Crippen LogP contribution in [0.15, 0.2) is 292 Å². The SMILES string of the molecule is CC(C)(C)[Si](C)(C)O[C@H](c1ccccc1)[C@H]1CC[C@@H](Cc2ccc(C(=O)NCc3ccnnc3)cc2)C1.CC(C)(C)[Si](C)(C)O[C@H](c1ccccc1)[C@H]1CC[C@@H](Cc2ccc(C(=O)O)cc2)C1.CN(Cc1ccnnc1)C(=O)c1ccc(C[C@@H]2CC[C@H]([C@H](O)c3ccccc3)C2)cc1.CN(Cc1ccnnc1)C(=O)c1ccc(C[C@@H]2CC[C@H]([C@H](O[Si](C)(C)C(C)(C)C)c3ccccc3)C2)cc1.NCc1ccnnc1.[B]. The van der Waals surface area contributed by atoms with E-state index in [1.54, 1.807) is 78.6 Å². The molecule has 0 spiro atoms. The van der Waals surface area contributed by atoms with Crippen LogP contribution in [0.2, 0.25) is 54.4 Å². The Balaban J connectivity index is 0.000000179. The van der Waals surface area contributed by atoms with Gasteiger partial charge in [0.15, 0.2) is 25.0 Å². The number of aromatic carboxylic acids is 1. The topological polar surface area (TPSA) is 284 Å². The molecule has 16 rings (SSSR count). The second-order valence-electron chi connectivity index (χ2n) is 44.9. The zero-order valence-corrected chi connectivity index (χ0v) is 91.7. The molecular formula is C120H156BN12O9Si3. The van der Waals surface area contributed by atoms with Gasteiger partial charge in [-0.1, -0.05) is 232 Å². The average molecular weight is 2010 g/mol. The third-order valence-corrected chi connectivity index (χ3v) is 44.4. The van der Waals surface area contributed by atoms with Gasteiger partial charge >= 0.3 is 5.97 Å². The summed E-state index contributed by atoms with van der Waals surface area (Å²) in [6.45, 7) is 37.0. The van der Waals surface area contributed by atoms with Gasteiger partial charge in [-0.05, 0) is 344 Å². The van der Waals surface area contributed by atoms with Crippen LogP contribution in [0.1, 0.15) is 272 Å². The number of carboxylic acid groups (broad SMARTS) is 1. The molecule has 8 aromatic carbocycles. The molecule has 0 bridgehead atoms. The monoisotopic (exact) mass is 2000 g/mol. The minimum absolute atomic E-state index is 0. The fourth-order valence-corrected chi connectivity index (χ4v) is 23.5. The molecule has 3 amide bonds. The molecular weight excluding hydrogens is 1850 g/mol. The number of amides is 3. The molecule has 0 unspecified atom stereocenters. The number of aliphatic hydroxyl groups excluding tert-OH is 1. The predicted octanol–water partition coefficient (Wildman–Crippen LogP) is 25.7. The largest absolute Gasteiger partial charge is 0.478 e. The number of aliphatic hydroxyl groups is 1. The van der Waals surface area contributed by atoms with E-state index in [-0.39, 0.29) is 65.7 Å². The third-order valence-electron chi connectivity index (χ3n) is 31.0. The smallest absolute Gasteiger partial charge is 0.335 e. The number of nitrogens with zero attached hydrogens (tertiary/aromatic N) is 10. The molecule has 12 atom stereocenters. The maximum absolute atomic E-state index is 12.9. The Morgan fingerprint density at radius 2 is 0.621 bits per heavy atom. The molecule has 25 heteroatoms. The van der Waals surface area contributed by atoms with Gasteiger partial charge in [0.25, 0.3) is 17.7 Å². The van der Waals surface area contributed by atoms with Gasteiger partial charge in [-0.3, -0.25) is 14.4 Å². The molecule has 3 radical (unpaired) electrons. The minimum atomic E-state index is -1.91. The van der Waals surface area contributed by atoms with Gasteiger partial charge in [0.1, 0.15) is 0 Å². The molecule has 0 aliphatic heterocycles. The first-order valence-electron chi connectivity index (χ1n) is 51.8. The molecule has 145 heavy (non-hydrogen) atoms. The fourth-order valence-electron chi connectivity index (χ4n) is 19.5. The maximum atomic E-state index is 12.9. The molecule has 5 N–H and O–H groups in total. The highest BCUT2D eigenvalue weighted by molar-refractivity contribution is 6.75. The summed E-state index contributed by atoms with van der Waals surface area (Å²) in [6.07, 6.45) is 31.4. The Bertz CT molecular complexity index is 5890. The van der Waals surface area contributed by atoms with Crippen LogP contribution in [0.4, 0.5) is 0 Å². The van der Waals surface area contributed by atoms with E-state index in [0.29, 0.717) is 90.2 Å². The summed E-state index contributed by atoms with van der Waals surface area (Å²) in [5, 5.41) is 53.5. The summed E-state index contributed by atoms with van der Waals surface area (Å²) in [4.78, 5) is 52.7. The Labute approximate surface area is 868 Å². The molecule has 21 nitrogen and oxygen atoms in total. The first-order chi connectivity index (χ1) is 68.7. The van der Waals surface area contributed by atoms with Crippen LogP contribution >= 0.6 is 0 Å². The van der Waals surface area contributed by atoms with Crippen LogP contribution in [0.5, 0.6) is 0 Å². The Morgan fingerprint density at radius 1 is 0.352 bits per heavy atom. The van der Waals surface area contributed by atoms with Crippen molar-refractivity contribution in [1.82, 2.24) is 55.9 Å². The van der Waals surface area contributed by atoms with Gasteiger partial charge < -0.3 is 44.3 Å². The normalized spacial score (nSPS) is 18.7. The number of carboxylic acids is 1. The number of rotatable bonds is 33. The molecule has 4 heterocycles. The number of nitrogens with one attached hydrogen (secondary N) is 1. The Kier molecular flexibility index (Phi) is 42.2. The lowest BCUT2D eigenvalue weighted by Gasteiger charge is -2.41. The summed E-state index contributed by atoms with van der Waals surface area (Å²) in [7, 11) is -2.08. The van der Waals surface area contributed by atoms with E-state index in [4.69, 9.17) is 24.1 Å². The lowest BCUT2D eigenvalue weighted by atomic mass is 9.91. The van der Waals surface area contributed by atoms with Crippen molar-refractivity contribution in [3.8, 4) is 0 Å². The van der Waals surface area contributed by atoms with E-state index in [2.05, 4.69) is 275 Å². The van der Waals surface area contributed by atoms with Gasteiger partial charge in [-0.15, -0.1) is 0 Å². The number of hydrogen-bond acceptors (Lipinski definition) is 17. The van der Waals surface area contributed by atoms with E-state index < -0.39 is 30.9 Å². The van der Waals surface area contributed by atoms with Crippen molar-refractivity contribution >= 4 is 57.1 Å². The van der Waals surface area contributed by atoms with E-state index in [1.165, 1.54) is 90.3 Å². The second kappa shape index (κ2) is 53.7. The fraction of sp³-hybridized carbons (Fsp3) is 0.433. The van der Waals surface area contributed by atoms with Crippen molar-refractivity contribution in [3.63, 3.8) is 0 Å². The Morgan fingerprint density at radius 3 is 0.897 bits per heavy atom. The van der Waals surface area contributed by atoms with Crippen LogP contribution in [0.25, 0.3) is 0 Å². The van der Waals surface area contributed by atoms with Gasteiger partial charge in [0.05, 0.1) is 54.8 Å². The van der Waals surface area contributed by atoms with Crippen LogP contribution in [-0.2, 0) is 65.1 Å². The van der Waals surface area contributed by atoms with Gasteiger partial charge in [0.2, 0.25) is 0 Å². The zero-order chi connectivity index (χ0) is 103. The molecule has 4 aliphatic carbocycles. The molecule has 4 aromatic heterocycles. The summed E-state index contributed by atoms with van der Waals surface area (Å²) < 4.78 is 21.1. The zero-order valence-electron chi connectivity index (χ0n) is 88.7. The number of hydrogen-bond donors (Lipinski definition) is 4. The van der Waals surface area contributed by atoms with Gasteiger partial charge in [-0.2, -0.15) is 40.8 Å². The van der Waals surface area contributed by atoms with E-state index in [0.717, 1.165) is 84.7 Å². The second-order valence-corrected chi connectivity index (χ2v) is 59.1. The van der Waals surface area contributed by atoms with E-state index in [9.17, 15) is 24.3 Å². The van der Waals surface area contributed by atoms with E-state index in [1.807, 2.05) is 110 Å². The lowest BCUT2D eigenvalue weighted by molar-refractivity contribution is 0.0695. The van der Waals surface area contributed by atoms with Crippen LogP contribution in [0.3, 0.4) is 0 Å². The molecule has 4 fully saturated rings. The lowest BCUT2D eigenvalue weighted by Crippen LogP contribution is -2.43. The Hall–Kier alpha value is -11.5. The standard InChI is InChI=1S/C32H43N3O2Si.C31H41N3O2Si.C26H29N3O2.C26H36O3Si.C5H7N3.B/c1-32(2,3)38(5,6)37-30(27-10-8-7-9-11-27)29-17-14-25(21-29)20-24-12-15-28(16-13-24)31(36)35(4)23-26-18-19-33-34-22-26;1-31(2,3)37(4,5)36-29(26-9-7-6-8-10-26)28-16-13-24(20-28)19-23-11-14-27(15-12-23)30(35)32-21-25-17-18-33-34-22-25;1-29(18-21-13-14-27-28-17-21)26(31)23-10-7-19(8-11-23)15-20-9-12-24(16-20)25(30)22-5-3-2-4-6-22;1-26(2,3)30(4,5)29-24(21-9-7-6-8-10-21)23-16-13-20(18-23)17-19-11-14-22(15-12-19)25(27)28;6-3-5-1-2-7-8-4-5;/h7-13,15-16,18-19,22,25,29-30H,14,17,20-21,23H2,1-6H3;6-12,14-15,17-18,22,24,28-29H,13,16,19-21H2,1-5H3,(H,32,35);2-8,10-11,13-14,17,20,24-25,30H,9,12,15-16,18H2,1H3;6-12,14-15,20,23-24H,13,16-18H2,1-5H3,(H,27,28);1-2,4H,3,6H2;/t25-,29-,30+;24-,28-,29+;20-,24-,25+;20-,23-,24+;;/m0000../s1. The van der Waals surface area contributed by atoms with Crippen LogP contribution < -0.4 is 11.1 Å². The van der Waals surface area contributed by atoms with Crippen LogP contribution in [-0.4, -0.2) is 132 Å². The predicted molar refractivity (Wildman–Crippen MR) is 589 cm³/mol. The third kappa shape index (κ3) is 34.0. The quantitative estimate of drug-likeness (QED) is 0.0278. The number of carbonyl (C=O) groups excluding carboxylic acids is 3.